The van der Waals surface area contributed by atoms with E-state index in [0.29, 0.717) is 19.4 Å². The Kier molecular flexibility index (Phi) is 5.55. The number of aliphatic hydroxyl groups is 1. The van der Waals surface area contributed by atoms with Crippen molar-refractivity contribution in [2.24, 2.45) is 0 Å². The minimum absolute atomic E-state index is 0.0857. The van der Waals surface area contributed by atoms with Crippen LogP contribution in [-0.4, -0.2) is 35.5 Å². The van der Waals surface area contributed by atoms with Crippen LogP contribution in [0.5, 0.6) is 0 Å². The van der Waals surface area contributed by atoms with Crippen molar-refractivity contribution in [1.82, 2.24) is 10.0 Å². The summed E-state index contributed by atoms with van der Waals surface area (Å²) in [6, 6.07) is 18.9. The molecule has 1 saturated heterocycles. The van der Waals surface area contributed by atoms with E-state index in [2.05, 4.69) is 58.7 Å². The van der Waals surface area contributed by atoms with E-state index in [-0.39, 0.29) is 18.4 Å². The van der Waals surface area contributed by atoms with Gasteiger partial charge in [-0.3, -0.25) is 0 Å². The summed E-state index contributed by atoms with van der Waals surface area (Å²) in [4.78, 5) is 4.94. The van der Waals surface area contributed by atoms with Crippen molar-refractivity contribution in [3.63, 3.8) is 0 Å². The molecule has 0 spiro atoms. The third kappa shape index (κ3) is 4.06. The molecule has 2 N–H and O–H groups in total. The molecule has 5 heteroatoms. The molecular formula is C22H26N2O3. The van der Waals surface area contributed by atoms with E-state index < -0.39 is 0 Å². The van der Waals surface area contributed by atoms with Crippen LogP contribution < -0.4 is 5.48 Å². The average molecular weight is 366 g/mol. The van der Waals surface area contributed by atoms with Crippen LogP contribution in [0.3, 0.4) is 0 Å². The molecule has 1 fully saturated rings. The lowest BCUT2D eigenvalue weighted by molar-refractivity contribution is -0.134. The van der Waals surface area contributed by atoms with E-state index in [1.807, 2.05) is 12.1 Å². The number of benzene rings is 2. The third-order valence-electron chi connectivity index (χ3n) is 5.18. The molecule has 1 aromatic heterocycles. The number of nitrogens with zero attached hydrogens (tertiary/aromatic N) is 1. The molecular weight excluding hydrogens is 340 g/mol. The van der Waals surface area contributed by atoms with Crippen molar-refractivity contribution >= 4 is 10.9 Å². The van der Waals surface area contributed by atoms with Gasteiger partial charge < -0.3 is 19.2 Å². The summed E-state index contributed by atoms with van der Waals surface area (Å²) in [5.74, 6) is 0. The fraction of sp³-hybridized carbons (Fsp3) is 0.364. The minimum Gasteiger partial charge on any atom is -0.393 e. The van der Waals surface area contributed by atoms with E-state index in [0.717, 1.165) is 11.9 Å². The van der Waals surface area contributed by atoms with E-state index in [1.165, 1.54) is 16.5 Å². The highest BCUT2D eigenvalue weighted by Gasteiger charge is 2.30. The maximum Gasteiger partial charge on any atom is 0.136 e. The number of ether oxygens (including phenoxy) is 1. The van der Waals surface area contributed by atoms with Gasteiger partial charge in [-0.15, -0.1) is 0 Å². The maximum absolute atomic E-state index is 10.4. The van der Waals surface area contributed by atoms with Crippen LogP contribution >= 0.6 is 0 Å². The molecule has 27 heavy (non-hydrogen) atoms. The van der Waals surface area contributed by atoms with Crippen LogP contribution in [0.1, 0.15) is 30.2 Å². The molecule has 3 unspecified atom stereocenters. The summed E-state index contributed by atoms with van der Waals surface area (Å²) in [7, 11) is 1.59. The van der Waals surface area contributed by atoms with Crippen LogP contribution in [0, 0.1) is 0 Å². The van der Waals surface area contributed by atoms with Crippen molar-refractivity contribution in [3.8, 4) is 0 Å². The molecule has 0 amide bonds. The van der Waals surface area contributed by atoms with Crippen LogP contribution in [-0.2, 0) is 16.0 Å². The number of aliphatic hydroxyl groups excluding tert-OH is 1. The van der Waals surface area contributed by atoms with Crippen LogP contribution in [0.2, 0.25) is 0 Å². The molecule has 142 valence electrons. The standard InChI is InChI=1S/C22H26N2O3/c1-26-23-14-19-12-18(25)13-22(27-19)24-15-17(11-16-7-3-2-4-8-16)20-9-5-6-10-21(20)24/h2-10,15,18-19,22-23,25H,11-14H2,1H3. The first-order valence-electron chi connectivity index (χ1n) is 9.46. The molecule has 2 heterocycles. The SMILES string of the molecule is CONCC1CC(O)CC(n2cc(Cc3ccccc3)c3ccccc32)O1. The quantitative estimate of drug-likeness (QED) is 0.657. The van der Waals surface area contributed by atoms with Crippen molar-refractivity contribution in [2.75, 3.05) is 13.7 Å². The summed E-state index contributed by atoms with van der Waals surface area (Å²) in [5.41, 5.74) is 6.53. The molecule has 3 atom stereocenters. The zero-order valence-corrected chi connectivity index (χ0v) is 15.5. The lowest BCUT2D eigenvalue weighted by Crippen LogP contribution is -2.39. The highest BCUT2D eigenvalue weighted by molar-refractivity contribution is 5.84. The Morgan fingerprint density at radius 3 is 2.70 bits per heavy atom. The fourth-order valence-electron chi connectivity index (χ4n) is 3.92. The first-order valence-corrected chi connectivity index (χ1v) is 9.46. The second kappa shape index (κ2) is 8.23. The molecule has 0 saturated carbocycles. The Hall–Kier alpha value is -2.18. The number of nitrogens with one attached hydrogen (secondary N) is 1. The first kappa shape index (κ1) is 18.2. The fourth-order valence-corrected chi connectivity index (χ4v) is 3.92. The van der Waals surface area contributed by atoms with Gasteiger partial charge in [-0.1, -0.05) is 48.5 Å². The summed E-state index contributed by atoms with van der Waals surface area (Å²) in [6.07, 6.45) is 3.60. The van der Waals surface area contributed by atoms with E-state index in [4.69, 9.17) is 9.57 Å². The Bertz CT molecular complexity index is 878. The summed E-state index contributed by atoms with van der Waals surface area (Å²) in [5, 5.41) is 11.6. The largest absolute Gasteiger partial charge is 0.393 e. The monoisotopic (exact) mass is 366 g/mol. The number of rotatable bonds is 6. The summed E-state index contributed by atoms with van der Waals surface area (Å²) >= 11 is 0. The zero-order valence-electron chi connectivity index (χ0n) is 15.5. The number of fused-ring (bicyclic) bond motifs is 1. The Morgan fingerprint density at radius 2 is 1.89 bits per heavy atom. The van der Waals surface area contributed by atoms with Gasteiger partial charge in [-0.2, -0.15) is 0 Å². The number of para-hydroxylation sites is 1. The predicted molar refractivity (Wildman–Crippen MR) is 105 cm³/mol. The van der Waals surface area contributed by atoms with Gasteiger partial charge in [0.25, 0.3) is 0 Å². The Labute approximate surface area is 159 Å². The van der Waals surface area contributed by atoms with E-state index in [9.17, 15) is 5.11 Å². The topological polar surface area (TPSA) is 55.6 Å². The number of hydrogen-bond donors (Lipinski definition) is 2. The molecule has 0 aliphatic carbocycles. The number of hydroxylamine groups is 1. The Balaban J connectivity index is 1.65. The summed E-state index contributed by atoms with van der Waals surface area (Å²) in [6.45, 7) is 0.556. The van der Waals surface area contributed by atoms with Crippen molar-refractivity contribution in [1.29, 1.82) is 0 Å². The molecule has 1 aliphatic heterocycles. The molecule has 1 aliphatic rings. The van der Waals surface area contributed by atoms with E-state index in [1.54, 1.807) is 7.11 Å². The first-order chi connectivity index (χ1) is 13.2. The van der Waals surface area contributed by atoms with Crippen LogP contribution in [0.4, 0.5) is 0 Å². The van der Waals surface area contributed by atoms with Crippen LogP contribution in [0.15, 0.2) is 60.8 Å². The highest BCUT2D eigenvalue weighted by atomic mass is 16.6. The molecule has 4 rings (SSSR count). The van der Waals surface area contributed by atoms with Gasteiger partial charge in [0, 0.05) is 31.0 Å². The van der Waals surface area contributed by atoms with Gasteiger partial charge in [0.05, 0.1) is 24.8 Å². The predicted octanol–water partition coefficient (Wildman–Crippen LogP) is 3.42. The van der Waals surface area contributed by atoms with Crippen molar-refractivity contribution in [3.05, 3.63) is 71.9 Å². The molecule has 3 aromatic rings. The van der Waals surface area contributed by atoms with Gasteiger partial charge in [-0.25, -0.2) is 5.48 Å². The second-order valence-electron chi connectivity index (χ2n) is 7.13. The molecule has 0 radical (unpaired) electrons. The summed E-state index contributed by atoms with van der Waals surface area (Å²) < 4.78 is 8.45. The average Bonchev–Trinajstić information content (AvgIpc) is 3.05. The van der Waals surface area contributed by atoms with Crippen molar-refractivity contribution in [2.45, 2.75) is 37.7 Å². The maximum atomic E-state index is 10.4. The minimum atomic E-state index is -0.383. The molecule has 5 nitrogen and oxygen atoms in total. The van der Waals surface area contributed by atoms with E-state index >= 15 is 0 Å². The van der Waals surface area contributed by atoms with Crippen molar-refractivity contribution < 1.29 is 14.7 Å². The Morgan fingerprint density at radius 1 is 1.11 bits per heavy atom. The van der Waals surface area contributed by atoms with Gasteiger partial charge >= 0.3 is 0 Å². The zero-order chi connectivity index (χ0) is 18.6. The lowest BCUT2D eigenvalue weighted by Gasteiger charge is -2.34. The van der Waals surface area contributed by atoms with Gasteiger partial charge in [0.15, 0.2) is 0 Å². The second-order valence-corrected chi connectivity index (χ2v) is 7.13. The van der Waals surface area contributed by atoms with Gasteiger partial charge in [0.2, 0.25) is 0 Å². The van der Waals surface area contributed by atoms with Gasteiger partial charge in [-0.05, 0) is 23.6 Å². The number of aromatic nitrogens is 1. The highest BCUT2D eigenvalue weighted by Crippen LogP contribution is 2.33. The van der Waals surface area contributed by atoms with Gasteiger partial charge in [0.1, 0.15) is 6.23 Å². The normalized spacial score (nSPS) is 23.0. The number of hydrogen-bond acceptors (Lipinski definition) is 4. The van der Waals surface area contributed by atoms with Crippen LogP contribution in [0.25, 0.3) is 10.9 Å². The molecule has 2 aromatic carbocycles. The lowest BCUT2D eigenvalue weighted by atomic mass is 10.0. The smallest absolute Gasteiger partial charge is 0.136 e. The third-order valence-corrected chi connectivity index (χ3v) is 5.18. The molecule has 0 bridgehead atoms.